The molecule has 0 saturated carbocycles. The summed E-state index contributed by atoms with van der Waals surface area (Å²) in [5, 5.41) is 14.7. The minimum Gasteiger partial charge on any atom is -0.481 e. The molecule has 0 bridgehead atoms. The van der Waals surface area contributed by atoms with E-state index < -0.39 is 52.8 Å². The minimum atomic E-state index is -1.40. The second-order valence-corrected chi connectivity index (χ2v) is 14.4. The summed E-state index contributed by atoms with van der Waals surface area (Å²) < 4.78 is 0. The number of carbonyl (C=O) groups excluding carboxylic acids is 5. The third-order valence-electron chi connectivity index (χ3n) is 8.54. The number of amides is 2. The average molecular weight is 669 g/mol. The zero-order valence-electron chi connectivity index (χ0n) is 29.2. The Morgan fingerprint density at radius 1 is 0.694 bits per heavy atom. The van der Waals surface area contributed by atoms with Crippen molar-refractivity contribution in [3.63, 3.8) is 0 Å². The Bertz CT molecular complexity index is 1620. The molecule has 1 unspecified atom stereocenters. The predicted molar refractivity (Wildman–Crippen MR) is 188 cm³/mol. The van der Waals surface area contributed by atoms with Gasteiger partial charge in [0.05, 0.1) is 17.5 Å². The van der Waals surface area contributed by atoms with E-state index in [-0.39, 0.29) is 43.3 Å². The lowest BCUT2D eigenvalue weighted by molar-refractivity contribution is -0.149. The number of Topliss-reactive ketones (excluding diaryl/α,β-unsaturated/α-hetero) is 3. The summed E-state index contributed by atoms with van der Waals surface area (Å²) in [6, 6.07) is 23.5. The molecule has 0 aliphatic carbocycles. The third kappa shape index (κ3) is 11.9. The number of hydrogen-bond acceptors (Lipinski definition) is 6. The molecule has 0 aliphatic heterocycles. The number of benzene rings is 3. The molecule has 9 nitrogen and oxygen atoms in total. The van der Waals surface area contributed by atoms with Crippen LogP contribution in [-0.4, -0.2) is 52.3 Å². The first kappa shape index (κ1) is 38.5. The van der Waals surface area contributed by atoms with Crippen LogP contribution in [0.5, 0.6) is 0 Å². The molecule has 3 rings (SSSR count). The quantitative estimate of drug-likeness (QED) is 0.167. The molecule has 0 spiro atoms. The first-order valence-electron chi connectivity index (χ1n) is 16.6. The van der Waals surface area contributed by atoms with E-state index in [0.717, 1.165) is 22.3 Å². The molecule has 260 valence electrons. The number of carboxylic acids is 1. The summed E-state index contributed by atoms with van der Waals surface area (Å²) in [7, 11) is 0. The lowest BCUT2D eigenvalue weighted by Crippen LogP contribution is -2.52. The molecule has 0 fully saturated rings. The largest absolute Gasteiger partial charge is 0.481 e. The highest BCUT2D eigenvalue weighted by molar-refractivity contribution is 6.38. The second kappa shape index (κ2) is 17.0. The summed E-state index contributed by atoms with van der Waals surface area (Å²) in [4.78, 5) is 78.2. The van der Waals surface area contributed by atoms with Gasteiger partial charge in [-0.05, 0) is 61.3 Å². The van der Waals surface area contributed by atoms with E-state index in [1.165, 1.54) is 20.8 Å². The molecular weight excluding hydrogens is 620 g/mol. The van der Waals surface area contributed by atoms with Crippen LogP contribution < -0.4 is 10.6 Å². The van der Waals surface area contributed by atoms with E-state index in [1.54, 1.807) is 0 Å². The lowest BCUT2D eigenvalue weighted by atomic mass is 9.83. The van der Waals surface area contributed by atoms with Crippen molar-refractivity contribution < 1.29 is 33.9 Å². The normalized spacial score (nSPS) is 13.4. The van der Waals surface area contributed by atoms with E-state index >= 15 is 0 Å². The van der Waals surface area contributed by atoms with Crippen molar-refractivity contribution in [1.29, 1.82) is 0 Å². The van der Waals surface area contributed by atoms with Crippen LogP contribution in [0.1, 0.15) is 76.6 Å². The third-order valence-corrected chi connectivity index (χ3v) is 8.54. The molecule has 0 aromatic heterocycles. The van der Waals surface area contributed by atoms with Crippen LogP contribution in [0.25, 0.3) is 0 Å². The fourth-order valence-corrected chi connectivity index (χ4v) is 5.41. The van der Waals surface area contributed by atoms with E-state index in [1.807, 2.05) is 84.9 Å². The molecular formula is C40H48N2O7. The van der Waals surface area contributed by atoms with Gasteiger partial charge in [0.15, 0.2) is 5.78 Å². The Kier molecular flexibility index (Phi) is 13.3. The Morgan fingerprint density at radius 3 is 1.76 bits per heavy atom. The Labute approximate surface area is 288 Å². The molecule has 0 aliphatic rings. The SMILES string of the molecule is CC(NC(=O)[C@@H](CC(=O)Cc1ccccc1)Cc1ccccc1)C(=O)C(=O)N[C@@H](Cc1ccc(C(C)(C)C)cc1)C(=O)CC(C)(C)C(=O)O. The van der Waals surface area contributed by atoms with Gasteiger partial charge in [-0.1, -0.05) is 106 Å². The maximum atomic E-state index is 13.5. The Hall–Kier alpha value is -4.92. The number of aliphatic carboxylic acids is 1. The smallest absolute Gasteiger partial charge is 0.309 e. The molecule has 0 radical (unpaired) electrons. The van der Waals surface area contributed by atoms with Gasteiger partial charge in [-0.2, -0.15) is 0 Å². The molecule has 3 aromatic rings. The molecule has 0 heterocycles. The molecule has 0 saturated heterocycles. The van der Waals surface area contributed by atoms with Gasteiger partial charge in [0.2, 0.25) is 11.7 Å². The van der Waals surface area contributed by atoms with Crippen LogP contribution in [0.3, 0.4) is 0 Å². The van der Waals surface area contributed by atoms with Crippen LogP contribution >= 0.6 is 0 Å². The van der Waals surface area contributed by atoms with Crippen LogP contribution in [0, 0.1) is 11.3 Å². The van der Waals surface area contributed by atoms with Crippen molar-refractivity contribution in [2.75, 3.05) is 0 Å². The summed E-state index contributed by atoms with van der Waals surface area (Å²) in [5.41, 5.74) is 1.96. The highest BCUT2D eigenvalue weighted by Crippen LogP contribution is 2.25. The summed E-state index contributed by atoms with van der Waals surface area (Å²) in [6.07, 6.45) is 0.0215. The first-order chi connectivity index (χ1) is 23.0. The average Bonchev–Trinajstić information content (AvgIpc) is 3.04. The van der Waals surface area contributed by atoms with Crippen LogP contribution in [0.15, 0.2) is 84.9 Å². The summed E-state index contributed by atoms with van der Waals surface area (Å²) >= 11 is 0. The van der Waals surface area contributed by atoms with Crippen molar-refractivity contribution in [2.24, 2.45) is 11.3 Å². The monoisotopic (exact) mass is 668 g/mol. The van der Waals surface area contributed by atoms with E-state index in [4.69, 9.17) is 0 Å². The van der Waals surface area contributed by atoms with Crippen molar-refractivity contribution >= 4 is 35.1 Å². The molecule has 3 N–H and O–H groups in total. The maximum Gasteiger partial charge on any atom is 0.309 e. The molecule has 49 heavy (non-hydrogen) atoms. The van der Waals surface area contributed by atoms with Gasteiger partial charge < -0.3 is 15.7 Å². The number of nitrogens with one attached hydrogen (secondary N) is 2. The Morgan fingerprint density at radius 2 is 1.22 bits per heavy atom. The number of rotatable bonds is 17. The standard InChI is InChI=1S/C40H48N2O7/c1-26(41-36(46)30(21-27-13-9-7-10-14-27)24-32(43)22-28-15-11-8-12-16-28)35(45)37(47)42-33(34(44)25-40(5,6)38(48)49)23-29-17-19-31(20-18-29)39(2,3)4/h7-20,26,30,33H,21-25H2,1-6H3,(H,41,46)(H,42,47)(H,48,49)/t26?,30-,33+/m1/s1. The van der Waals surface area contributed by atoms with Gasteiger partial charge in [0.1, 0.15) is 5.78 Å². The summed E-state index contributed by atoms with van der Waals surface area (Å²) in [6.45, 7) is 10.4. The number of hydrogen-bond donors (Lipinski definition) is 3. The fraction of sp³-hybridized carbons (Fsp3) is 0.400. The van der Waals surface area contributed by atoms with E-state index in [2.05, 4.69) is 31.4 Å². The van der Waals surface area contributed by atoms with Crippen molar-refractivity contribution in [1.82, 2.24) is 10.6 Å². The Balaban J connectivity index is 1.75. The van der Waals surface area contributed by atoms with E-state index in [0.29, 0.717) is 0 Å². The van der Waals surface area contributed by atoms with Gasteiger partial charge in [-0.25, -0.2) is 0 Å². The zero-order chi connectivity index (χ0) is 36.4. The number of carbonyl (C=O) groups is 6. The van der Waals surface area contributed by atoms with Gasteiger partial charge in [-0.3, -0.25) is 28.8 Å². The minimum absolute atomic E-state index is 0.0430. The van der Waals surface area contributed by atoms with Crippen LogP contribution in [0.4, 0.5) is 0 Å². The highest BCUT2D eigenvalue weighted by Gasteiger charge is 2.35. The van der Waals surface area contributed by atoms with Crippen molar-refractivity contribution in [3.8, 4) is 0 Å². The number of ketones is 3. The summed E-state index contributed by atoms with van der Waals surface area (Å²) in [5.74, 6) is -5.23. The van der Waals surface area contributed by atoms with Crippen LogP contribution in [0.2, 0.25) is 0 Å². The van der Waals surface area contributed by atoms with Crippen molar-refractivity contribution in [2.45, 2.75) is 91.1 Å². The second-order valence-electron chi connectivity index (χ2n) is 14.4. The van der Waals surface area contributed by atoms with Gasteiger partial charge in [0, 0.05) is 25.2 Å². The zero-order valence-corrected chi connectivity index (χ0v) is 29.2. The first-order valence-corrected chi connectivity index (χ1v) is 16.6. The predicted octanol–water partition coefficient (Wildman–Crippen LogP) is 5.22. The lowest BCUT2D eigenvalue weighted by Gasteiger charge is -2.24. The molecule has 3 aromatic carbocycles. The molecule has 2 amide bonds. The number of carboxylic acid groups (broad SMARTS) is 1. The van der Waals surface area contributed by atoms with Crippen molar-refractivity contribution in [3.05, 3.63) is 107 Å². The van der Waals surface area contributed by atoms with Gasteiger partial charge in [-0.15, -0.1) is 0 Å². The highest BCUT2D eigenvalue weighted by atomic mass is 16.4. The molecule has 3 atom stereocenters. The maximum absolute atomic E-state index is 13.5. The topological polar surface area (TPSA) is 147 Å². The van der Waals surface area contributed by atoms with E-state index in [9.17, 15) is 33.9 Å². The van der Waals surface area contributed by atoms with Gasteiger partial charge >= 0.3 is 5.97 Å². The molecule has 9 heteroatoms. The fourth-order valence-electron chi connectivity index (χ4n) is 5.41. The van der Waals surface area contributed by atoms with Crippen LogP contribution in [-0.2, 0) is 53.4 Å². The van der Waals surface area contributed by atoms with Gasteiger partial charge in [0.25, 0.3) is 5.91 Å².